The van der Waals surface area contributed by atoms with E-state index in [1.54, 1.807) is 6.20 Å². The van der Waals surface area contributed by atoms with Crippen molar-refractivity contribution in [1.82, 2.24) is 9.97 Å². The van der Waals surface area contributed by atoms with Gasteiger partial charge in [0.05, 0.1) is 17.8 Å². The quantitative estimate of drug-likeness (QED) is 0.594. The van der Waals surface area contributed by atoms with Gasteiger partial charge < -0.3 is 15.8 Å². The van der Waals surface area contributed by atoms with Gasteiger partial charge in [0.25, 0.3) is 0 Å². The second kappa shape index (κ2) is 7.21. The highest BCUT2D eigenvalue weighted by Crippen LogP contribution is 2.26. The number of H-pyrrole nitrogens is 1. The molecule has 0 fully saturated rings. The average Bonchev–Trinajstić information content (AvgIpc) is 3.11. The predicted octanol–water partition coefficient (Wildman–Crippen LogP) is 3.98. The highest BCUT2D eigenvalue weighted by atomic mass is 16.4. The molecule has 3 aromatic rings. The molecule has 2 aromatic carbocycles. The van der Waals surface area contributed by atoms with E-state index in [0.717, 1.165) is 28.2 Å². The first-order valence-corrected chi connectivity index (χ1v) is 8.30. The lowest BCUT2D eigenvalue weighted by molar-refractivity contribution is -0.141. The van der Waals surface area contributed by atoms with Gasteiger partial charge in [-0.2, -0.15) is 0 Å². The van der Waals surface area contributed by atoms with Gasteiger partial charge in [-0.1, -0.05) is 49.4 Å². The Kier molecular flexibility index (Phi) is 4.84. The zero-order valence-electron chi connectivity index (χ0n) is 14.1. The maximum atomic E-state index is 11.2. The van der Waals surface area contributed by atoms with Gasteiger partial charge in [0.1, 0.15) is 5.82 Å². The van der Waals surface area contributed by atoms with Gasteiger partial charge in [0.15, 0.2) is 0 Å². The molecule has 1 heterocycles. The number of benzene rings is 2. The van der Waals surface area contributed by atoms with E-state index in [1.807, 2.05) is 55.5 Å². The Morgan fingerprint density at radius 1 is 1.20 bits per heavy atom. The largest absolute Gasteiger partial charge is 0.481 e. The molecular formula is C20H21N3O2. The second-order valence-electron chi connectivity index (χ2n) is 6.07. The van der Waals surface area contributed by atoms with Crippen LogP contribution in [0.3, 0.4) is 0 Å². The molecule has 128 valence electrons. The number of carboxylic acids is 1. The Morgan fingerprint density at radius 2 is 1.96 bits per heavy atom. The molecule has 1 atom stereocenters. The van der Waals surface area contributed by atoms with E-state index < -0.39 is 11.9 Å². The molecule has 0 aliphatic rings. The number of hydrogen-bond acceptors (Lipinski definition) is 3. The topological polar surface area (TPSA) is 92.0 Å². The minimum atomic E-state index is -0.787. The summed E-state index contributed by atoms with van der Waals surface area (Å²) < 4.78 is 0. The number of hydrogen-bond donors (Lipinski definition) is 3. The Morgan fingerprint density at radius 3 is 2.60 bits per heavy atom. The SMILES string of the molecule is CC[C@@H](Cc1ccc(-c2ncc(-c3ccccc3)[nH]2)cc1N)C(=O)O. The molecule has 0 saturated carbocycles. The first-order valence-electron chi connectivity index (χ1n) is 8.30. The maximum Gasteiger partial charge on any atom is 0.306 e. The van der Waals surface area contributed by atoms with Crippen LogP contribution in [0.1, 0.15) is 18.9 Å². The molecule has 0 saturated heterocycles. The highest BCUT2D eigenvalue weighted by Gasteiger charge is 2.17. The Hall–Kier alpha value is -3.08. The third-order valence-electron chi connectivity index (χ3n) is 4.39. The van der Waals surface area contributed by atoms with Crippen LogP contribution in [0.5, 0.6) is 0 Å². The summed E-state index contributed by atoms with van der Waals surface area (Å²) in [6, 6.07) is 15.6. The summed E-state index contributed by atoms with van der Waals surface area (Å²) in [7, 11) is 0. The standard InChI is InChI=1S/C20H21N3O2/c1-2-13(20(24)25)10-15-8-9-16(11-17(15)21)19-22-12-18(23-19)14-6-4-3-5-7-14/h3-9,11-13H,2,10,21H2,1H3,(H,22,23)(H,24,25)/t13-/m0/s1. The number of carboxylic acid groups (broad SMARTS) is 1. The number of nitrogens with zero attached hydrogens (tertiary/aromatic N) is 1. The fourth-order valence-electron chi connectivity index (χ4n) is 2.83. The van der Waals surface area contributed by atoms with E-state index in [-0.39, 0.29) is 0 Å². The normalized spacial score (nSPS) is 12.0. The summed E-state index contributed by atoms with van der Waals surface area (Å²) in [6.45, 7) is 1.87. The predicted molar refractivity (Wildman–Crippen MR) is 99.0 cm³/mol. The van der Waals surface area contributed by atoms with Crippen molar-refractivity contribution in [2.75, 3.05) is 5.73 Å². The van der Waals surface area contributed by atoms with Crippen molar-refractivity contribution in [3.63, 3.8) is 0 Å². The van der Waals surface area contributed by atoms with Crippen molar-refractivity contribution in [2.24, 2.45) is 5.92 Å². The first-order chi connectivity index (χ1) is 12.1. The Balaban J connectivity index is 1.84. The molecule has 1 aromatic heterocycles. The zero-order valence-corrected chi connectivity index (χ0v) is 14.1. The van der Waals surface area contributed by atoms with Crippen LogP contribution in [-0.2, 0) is 11.2 Å². The van der Waals surface area contributed by atoms with Crippen LogP contribution in [0.15, 0.2) is 54.7 Å². The molecule has 0 unspecified atom stereocenters. The van der Waals surface area contributed by atoms with Crippen LogP contribution in [-0.4, -0.2) is 21.0 Å². The summed E-state index contributed by atoms with van der Waals surface area (Å²) in [4.78, 5) is 19.0. The van der Waals surface area contributed by atoms with Gasteiger partial charge in [-0.3, -0.25) is 4.79 Å². The lowest BCUT2D eigenvalue weighted by Crippen LogP contribution is -2.16. The van der Waals surface area contributed by atoms with Gasteiger partial charge in [-0.15, -0.1) is 0 Å². The van der Waals surface area contributed by atoms with Crippen molar-refractivity contribution in [3.8, 4) is 22.6 Å². The lowest BCUT2D eigenvalue weighted by Gasteiger charge is -2.12. The summed E-state index contributed by atoms with van der Waals surface area (Å²) in [5.74, 6) is -0.465. The van der Waals surface area contributed by atoms with Crippen molar-refractivity contribution in [3.05, 3.63) is 60.3 Å². The summed E-state index contributed by atoms with van der Waals surface area (Å²) in [5, 5.41) is 9.21. The molecule has 0 amide bonds. The number of nitrogens with two attached hydrogens (primary N) is 1. The van der Waals surface area contributed by atoms with Crippen LogP contribution in [0.25, 0.3) is 22.6 Å². The summed E-state index contributed by atoms with van der Waals surface area (Å²) in [5.41, 5.74) is 10.5. The molecule has 0 aliphatic carbocycles. The van der Waals surface area contributed by atoms with Gasteiger partial charge in [0, 0.05) is 11.3 Å². The van der Waals surface area contributed by atoms with E-state index in [4.69, 9.17) is 5.73 Å². The molecule has 0 radical (unpaired) electrons. The van der Waals surface area contributed by atoms with Crippen LogP contribution >= 0.6 is 0 Å². The Bertz CT molecular complexity index is 872. The fourth-order valence-corrected chi connectivity index (χ4v) is 2.83. The number of anilines is 1. The number of nitrogen functional groups attached to an aromatic ring is 1. The smallest absolute Gasteiger partial charge is 0.306 e. The monoisotopic (exact) mass is 335 g/mol. The molecule has 4 N–H and O–H groups in total. The molecule has 0 bridgehead atoms. The number of rotatable bonds is 6. The van der Waals surface area contributed by atoms with Crippen LogP contribution in [0, 0.1) is 5.92 Å². The number of nitrogens with one attached hydrogen (secondary N) is 1. The third-order valence-corrected chi connectivity index (χ3v) is 4.39. The molecule has 25 heavy (non-hydrogen) atoms. The maximum absolute atomic E-state index is 11.2. The summed E-state index contributed by atoms with van der Waals surface area (Å²) >= 11 is 0. The highest BCUT2D eigenvalue weighted by molar-refractivity contribution is 5.72. The minimum Gasteiger partial charge on any atom is -0.481 e. The molecular weight excluding hydrogens is 314 g/mol. The van der Waals surface area contributed by atoms with E-state index in [1.165, 1.54) is 0 Å². The number of carbonyl (C=O) groups is 1. The van der Waals surface area contributed by atoms with Crippen molar-refractivity contribution < 1.29 is 9.90 Å². The van der Waals surface area contributed by atoms with Crippen LogP contribution in [0.4, 0.5) is 5.69 Å². The minimum absolute atomic E-state index is 0.415. The van der Waals surface area contributed by atoms with Gasteiger partial charge >= 0.3 is 5.97 Å². The van der Waals surface area contributed by atoms with Crippen molar-refractivity contribution in [2.45, 2.75) is 19.8 Å². The van der Waals surface area contributed by atoms with E-state index >= 15 is 0 Å². The Labute approximate surface area is 146 Å². The van der Waals surface area contributed by atoms with Gasteiger partial charge in [-0.05, 0) is 30.0 Å². The molecule has 0 spiro atoms. The summed E-state index contributed by atoms with van der Waals surface area (Å²) in [6.07, 6.45) is 2.81. The molecule has 3 rings (SSSR count). The van der Waals surface area contributed by atoms with Gasteiger partial charge in [-0.25, -0.2) is 4.98 Å². The molecule has 5 nitrogen and oxygen atoms in total. The van der Waals surface area contributed by atoms with Gasteiger partial charge in [0.2, 0.25) is 0 Å². The zero-order chi connectivity index (χ0) is 17.8. The molecule has 5 heteroatoms. The van der Waals surface area contributed by atoms with E-state index in [0.29, 0.717) is 18.5 Å². The lowest BCUT2D eigenvalue weighted by atomic mass is 9.95. The number of aliphatic carboxylic acids is 1. The fraction of sp³-hybridized carbons (Fsp3) is 0.200. The molecule has 0 aliphatic heterocycles. The average molecular weight is 335 g/mol. The van der Waals surface area contributed by atoms with Crippen molar-refractivity contribution in [1.29, 1.82) is 0 Å². The first kappa shape index (κ1) is 16.8. The van der Waals surface area contributed by atoms with Crippen molar-refractivity contribution >= 4 is 11.7 Å². The third kappa shape index (κ3) is 3.71. The van der Waals surface area contributed by atoms with E-state index in [9.17, 15) is 9.90 Å². The van der Waals surface area contributed by atoms with E-state index in [2.05, 4.69) is 9.97 Å². The number of aromatic amines is 1. The van der Waals surface area contributed by atoms with Crippen LogP contribution in [0.2, 0.25) is 0 Å². The number of aromatic nitrogens is 2. The second-order valence-corrected chi connectivity index (χ2v) is 6.07. The number of imidazole rings is 1. The van der Waals surface area contributed by atoms with Crippen LogP contribution < -0.4 is 5.73 Å².